The molecule has 0 spiro atoms. The zero-order chi connectivity index (χ0) is 48.0. The lowest BCUT2D eigenvalue weighted by Crippen LogP contribution is -2.44. The molecule has 3 heterocycles. The van der Waals surface area contributed by atoms with E-state index in [1.165, 1.54) is 12.2 Å². The SMILES string of the molecule is C=CC(=O)OCCCCCCCCCCOc1cnc(-c2ccc(C(=O)O[C@@H]3OCCO[C@H]3OC(=O)c3ccc(-c4ncc(OCCCCCCCCCCOC(=O)C=C)cn4)cc3)cc2)nc1. The Bertz CT molecular complexity index is 1980. The number of unbranched alkanes of at least 4 members (excludes halogenated alkanes) is 14. The second-order valence-electron chi connectivity index (χ2n) is 16.0. The average molecular weight is 937 g/mol. The molecule has 1 aliphatic heterocycles. The van der Waals surface area contributed by atoms with Gasteiger partial charge in [-0.3, -0.25) is 0 Å². The Balaban J connectivity index is 0.955. The summed E-state index contributed by atoms with van der Waals surface area (Å²) in [6, 6.07) is 13.2. The smallest absolute Gasteiger partial charge is 0.340 e. The van der Waals surface area contributed by atoms with Gasteiger partial charge in [-0.05, 0) is 49.9 Å². The molecule has 4 aromatic rings. The minimum Gasteiger partial charge on any atom is -0.490 e. The summed E-state index contributed by atoms with van der Waals surface area (Å²) in [5, 5.41) is 0. The number of carbonyl (C=O) groups excluding carboxylic acids is 4. The highest BCUT2D eigenvalue weighted by Crippen LogP contribution is 2.23. The number of rotatable bonds is 32. The number of esters is 4. The van der Waals surface area contributed by atoms with E-state index in [0.29, 0.717) is 60.7 Å². The van der Waals surface area contributed by atoms with Crippen molar-refractivity contribution < 1.29 is 57.1 Å². The Morgan fingerprint density at radius 1 is 0.471 bits per heavy atom. The van der Waals surface area contributed by atoms with Gasteiger partial charge in [-0.2, -0.15) is 0 Å². The molecule has 16 heteroatoms. The molecular weight excluding hydrogens is 873 g/mol. The molecule has 0 N–H and O–H groups in total. The number of ether oxygens (including phenoxy) is 8. The molecular formula is C52H64N4O12. The molecule has 2 aromatic carbocycles. The van der Waals surface area contributed by atoms with E-state index in [4.69, 9.17) is 37.9 Å². The molecule has 0 aliphatic carbocycles. The highest BCUT2D eigenvalue weighted by atomic mass is 16.8. The van der Waals surface area contributed by atoms with E-state index in [0.717, 1.165) is 103 Å². The molecule has 5 rings (SSSR count). The predicted octanol–water partition coefficient (Wildman–Crippen LogP) is 9.77. The first-order chi connectivity index (χ1) is 33.3. The van der Waals surface area contributed by atoms with Crippen LogP contribution in [-0.4, -0.2) is 96.0 Å². The summed E-state index contributed by atoms with van der Waals surface area (Å²) in [7, 11) is 0. The molecule has 16 nitrogen and oxygen atoms in total. The van der Waals surface area contributed by atoms with Crippen LogP contribution in [-0.2, 0) is 38.0 Å². The van der Waals surface area contributed by atoms with Gasteiger partial charge in [0.05, 0.1) is 75.6 Å². The molecule has 2 atom stereocenters. The molecule has 0 radical (unpaired) electrons. The van der Waals surface area contributed by atoms with Crippen molar-refractivity contribution in [3.8, 4) is 34.3 Å². The van der Waals surface area contributed by atoms with Gasteiger partial charge in [-0.15, -0.1) is 0 Å². The van der Waals surface area contributed by atoms with Crippen LogP contribution in [0.25, 0.3) is 22.8 Å². The van der Waals surface area contributed by atoms with Crippen molar-refractivity contribution in [2.75, 3.05) is 39.6 Å². The van der Waals surface area contributed by atoms with E-state index in [1.54, 1.807) is 73.3 Å². The van der Waals surface area contributed by atoms with Crippen molar-refractivity contribution in [1.82, 2.24) is 19.9 Å². The molecule has 0 amide bonds. The van der Waals surface area contributed by atoms with Crippen molar-refractivity contribution in [3.05, 3.63) is 110 Å². The lowest BCUT2D eigenvalue weighted by molar-refractivity contribution is -0.288. The summed E-state index contributed by atoms with van der Waals surface area (Å²) in [5.74, 6) is -0.0185. The first-order valence-electron chi connectivity index (χ1n) is 23.7. The first kappa shape index (κ1) is 52.4. The molecule has 2 aromatic heterocycles. The average Bonchev–Trinajstić information content (AvgIpc) is 3.37. The summed E-state index contributed by atoms with van der Waals surface area (Å²) >= 11 is 0. The maximum atomic E-state index is 13.1. The summed E-state index contributed by atoms with van der Waals surface area (Å²) in [4.78, 5) is 66.1. The summed E-state index contributed by atoms with van der Waals surface area (Å²) in [6.45, 7) is 9.11. The van der Waals surface area contributed by atoms with Crippen molar-refractivity contribution in [1.29, 1.82) is 0 Å². The van der Waals surface area contributed by atoms with Gasteiger partial charge in [0.25, 0.3) is 12.6 Å². The van der Waals surface area contributed by atoms with Crippen LogP contribution in [0, 0.1) is 0 Å². The fraction of sp³-hybridized carbons (Fsp3) is 0.462. The highest BCUT2D eigenvalue weighted by molar-refractivity contribution is 5.91. The second kappa shape index (κ2) is 30.7. The number of carbonyl (C=O) groups is 4. The van der Waals surface area contributed by atoms with Gasteiger partial charge >= 0.3 is 23.9 Å². The fourth-order valence-electron chi connectivity index (χ4n) is 6.98. The van der Waals surface area contributed by atoms with E-state index < -0.39 is 24.5 Å². The first-order valence-corrected chi connectivity index (χ1v) is 23.7. The highest BCUT2D eigenvalue weighted by Gasteiger charge is 2.34. The molecule has 1 saturated heterocycles. The van der Waals surface area contributed by atoms with Crippen LogP contribution in [0.2, 0.25) is 0 Å². The van der Waals surface area contributed by atoms with Gasteiger partial charge < -0.3 is 37.9 Å². The summed E-state index contributed by atoms with van der Waals surface area (Å²) in [5.41, 5.74) is 1.88. The largest absolute Gasteiger partial charge is 0.490 e. The Labute approximate surface area is 398 Å². The van der Waals surface area contributed by atoms with E-state index >= 15 is 0 Å². The van der Waals surface area contributed by atoms with Gasteiger partial charge in [-0.1, -0.05) is 114 Å². The van der Waals surface area contributed by atoms with Crippen LogP contribution >= 0.6 is 0 Å². The van der Waals surface area contributed by atoms with Crippen LogP contribution < -0.4 is 9.47 Å². The van der Waals surface area contributed by atoms with Crippen LogP contribution in [0.5, 0.6) is 11.5 Å². The van der Waals surface area contributed by atoms with Gasteiger partial charge in [0, 0.05) is 23.3 Å². The minimum absolute atomic E-state index is 0.141. The molecule has 1 aliphatic rings. The monoisotopic (exact) mass is 936 g/mol. The summed E-state index contributed by atoms with van der Waals surface area (Å²) < 4.78 is 44.1. The Kier molecular flexibility index (Phi) is 23.7. The Morgan fingerprint density at radius 2 is 0.779 bits per heavy atom. The maximum absolute atomic E-state index is 13.1. The normalized spacial score (nSPS) is 14.3. The molecule has 0 saturated carbocycles. The quantitative estimate of drug-likeness (QED) is 0.0194. The second-order valence-corrected chi connectivity index (χ2v) is 16.0. The predicted molar refractivity (Wildman–Crippen MR) is 252 cm³/mol. The molecule has 68 heavy (non-hydrogen) atoms. The van der Waals surface area contributed by atoms with Crippen LogP contribution in [0.15, 0.2) is 98.6 Å². The summed E-state index contributed by atoms with van der Waals surface area (Å²) in [6.07, 6.45) is 23.3. The van der Waals surface area contributed by atoms with Crippen molar-refractivity contribution in [2.24, 2.45) is 0 Å². The zero-order valence-electron chi connectivity index (χ0n) is 38.9. The lowest BCUT2D eigenvalue weighted by Gasteiger charge is -2.30. The van der Waals surface area contributed by atoms with E-state index in [-0.39, 0.29) is 36.3 Å². The van der Waals surface area contributed by atoms with Gasteiger partial charge in [0.2, 0.25) is 0 Å². The number of aromatic nitrogens is 4. The molecule has 1 fully saturated rings. The lowest BCUT2D eigenvalue weighted by atomic mass is 10.1. The van der Waals surface area contributed by atoms with Crippen LogP contribution in [0.4, 0.5) is 0 Å². The third-order valence-corrected chi connectivity index (χ3v) is 10.8. The number of hydrogen-bond donors (Lipinski definition) is 0. The molecule has 0 unspecified atom stereocenters. The minimum atomic E-state index is -1.29. The molecule has 364 valence electrons. The van der Waals surface area contributed by atoms with Crippen LogP contribution in [0.3, 0.4) is 0 Å². The van der Waals surface area contributed by atoms with E-state index in [2.05, 4.69) is 33.1 Å². The van der Waals surface area contributed by atoms with E-state index in [9.17, 15) is 19.2 Å². The fourth-order valence-corrected chi connectivity index (χ4v) is 6.98. The third kappa shape index (κ3) is 19.4. The van der Waals surface area contributed by atoms with Gasteiger partial charge in [0.1, 0.15) is 0 Å². The number of hydrogen-bond acceptors (Lipinski definition) is 16. The third-order valence-electron chi connectivity index (χ3n) is 10.8. The number of nitrogens with zero attached hydrogens (tertiary/aromatic N) is 4. The van der Waals surface area contributed by atoms with Crippen molar-refractivity contribution in [3.63, 3.8) is 0 Å². The van der Waals surface area contributed by atoms with Gasteiger partial charge in [-0.25, -0.2) is 39.1 Å². The number of benzene rings is 2. The Morgan fingerprint density at radius 3 is 1.10 bits per heavy atom. The van der Waals surface area contributed by atoms with E-state index in [1.807, 2.05) is 0 Å². The zero-order valence-corrected chi connectivity index (χ0v) is 38.9. The standard InChI is InChI=1S/C52H64N4O12/c1-3-45(57)63-31-19-15-11-7-5-9-13-17-29-61-43-35-53-47(54-36-43)39-21-25-41(26-22-39)49(59)67-51-52(66-34-33-65-51)68-50(60)42-27-23-40(24-28-42)48-55-37-44(38-56-48)62-30-18-14-10-6-8-12-16-20-32-64-46(58)4-2/h3-4,21-28,35-38,51-52H,1-2,5-20,29-34H2/t51-,52-/m0/s1. The Hall–Kier alpha value is -6.52. The van der Waals surface area contributed by atoms with Gasteiger partial charge in [0.15, 0.2) is 23.1 Å². The van der Waals surface area contributed by atoms with Crippen LogP contribution in [0.1, 0.15) is 123 Å². The maximum Gasteiger partial charge on any atom is 0.340 e. The van der Waals surface area contributed by atoms with Crippen molar-refractivity contribution >= 4 is 23.9 Å². The topological polar surface area (TPSA) is 194 Å². The molecule has 0 bridgehead atoms. The van der Waals surface area contributed by atoms with Crippen molar-refractivity contribution in [2.45, 2.75) is 115 Å².